The third-order valence-corrected chi connectivity index (χ3v) is 5.83. The molecule has 0 aromatic heterocycles. The van der Waals surface area contributed by atoms with Gasteiger partial charge in [-0.1, -0.05) is 0 Å². The van der Waals surface area contributed by atoms with Crippen molar-refractivity contribution in [2.45, 2.75) is 30.2 Å². The molecule has 2 fully saturated rings. The second-order valence-electron chi connectivity index (χ2n) is 6.12. The van der Waals surface area contributed by atoms with Crippen molar-refractivity contribution in [2.24, 2.45) is 11.7 Å². The predicted octanol–water partition coefficient (Wildman–Crippen LogP) is 0.548. The first-order valence-electron chi connectivity index (χ1n) is 7.59. The number of rotatable bonds is 6. The maximum absolute atomic E-state index is 12.3. The number of sulfonamides is 1. The van der Waals surface area contributed by atoms with Gasteiger partial charge in [-0.2, -0.15) is 0 Å². The smallest absolute Gasteiger partial charge is 0.248 e. The van der Waals surface area contributed by atoms with E-state index < -0.39 is 15.9 Å². The van der Waals surface area contributed by atoms with Crippen molar-refractivity contribution >= 4 is 15.9 Å². The molecular weight excluding hydrogens is 302 g/mol. The number of hydrogen-bond acceptors (Lipinski definition) is 4. The van der Waals surface area contributed by atoms with E-state index in [0.717, 1.165) is 25.6 Å². The first-order valence-corrected chi connectivity index (χ1v) is 9.07. The first-order chi connectivity index (χ1) is 10.5. The van der Waals surface area contributed by atoms with Gasteiger partial charge in [0, 0.05) is 24.7 Å². The fourth-order valence-electron chi connectivity index (χ4n) is 2.91. The first kappa shape index (κ1) is 15.5. The minimum atomic E-state index is -3.53. The van der Waals surface area contributed by atoms with Crippen molar-refractivity contribution in [1.82, 2.24) is 9.62 Å². The zero-order chi connectivity index (χ0) is 15.7. The quantitative estimate of drug-likeness (QED) is 0.799. The topological polar surface area (TPSA) is 92.5 Å². The summed E-state index contributed by atoms with van der Waals surface area (Å²) in [6, 6.07) is 6.42. The summed E-state index contributed by atoms with van der Waals surface area (Å²) < 4.78 is 27.2. The molecule has 1 amide bonds. The maximum Gasteiger partial charge on any atom is 0.248 e. The number of nitrogens with two attached hydrogens (primary N) is 1. The molecule has 7 heteroatoms. The van der Waals surface area contributed by atoms with Gasteiger partial charge >= 0.3 is 0 Å². The highest BCUT2D eigenvalue weighted by Gasteiger charge is 2.34. The van der Waals surface area contributed by atoms with Crippen LogP contribution in [0.4, 0.5) is 0 Å². The molecule has 0 unspecified atom stereocenters. The van der Waals surface area contributed by atoms with Crippen LogP contribution in [0.15, 0.2) is 29.2 Å². The summed E-state index contributed by atoms with van der Waals surface area (Å²) in [5.41, 5.74) is 5.45. The molecule has 2 aliphatic rings. The van der Waals surface area contributed by atoms with Crippen LogP contribution in [0.5, 0.6) is 0 Å². The summed E-state index contributed by atoms with van der Waals surface area (Å²) in [6.45, 7) is 2.52. The third-order valence-electron chi connectivity index (χ3n) is 4.39. The number of carbonyl (C=O) groups excluding carboxylic acids is 1. The largest absolute Gasteiger partial charge is 0.366 e. The summed E-state index contributed by atoms with van der Waals surface area (Å²) >= 11 is 0. The van der Waals surface area contributed by atoms with E-state index in [1.807, 2.05) is 0 Å². The van der Waals surface area contributed by atoms with Gasteiger partial charge in [-0.3, -0.25) is 4.79 Å². The lowest BCUT2D eigenvalue weighted by atomic mass is 10.1. The van der Waals surface area contributed by atoms with Crippen LogP contribution >= 0.6 is 0 Å². The Hall–Kier alpha value is -1.44. The van der Waals surface area contributed by atoms with E-state index in [0.29, 0.717) is 18.0 Å². The van der Waals surface area contributed by atoms with E-state index >= 15 is 0 Å². The van der Waals surface area contributed by atoms with E-state index in [2.05, 4.69) is 9.62 Å². The zero-order valence-corrected chi connectivity index (χ0v) is 13.2. The van der Waals surface area contributed by atoms with Crippen LogP contribution in [0.1, 0.15) is 29.6 Å². The molecule has 22 heavy (non-hydrogen) atoms. The molecule has 1 aromatic carbocycles. The third kappa shape index (κ3) is 3.48. The summed E-state index contributed by atoms with van der Waals surface area (Å²) in [7, 11) is -3.53. The van der Waals surface area contributed by atoms with Gasteiger partial charge in [-0.05, 0) is 56.0 Å². The highest BCUT2D eigenvalue weighted by atomic mass is 32.2. The Balaban J connectivity index is 1.57. The molecule has 6 nitrogen and oxygen atoms in total. The van der Waals surface area contributed by atoms with Crippen molar-refractivity contribution in [3.8, 4) is 0 Å². The lowest BCUT2D eigenvalue weighted by molar-refractivity contribution is 0.1000. The number of primary amides is 1. The Morgan fingerprint density at radius 1 is 1.23 bits per heavy atom. The summed E-state index contributed by atoms with van der Waals surface area (Å²) in [5, 5.41) is 0. The number of benzene rings is 1. The number of nitrogens with zero attached hydrogens (tertiary/aromatic N) is 1. The van der Waals surface area contributed by atoms with Crippen LogP contribution in [0, 0.1) is 5.92 Å². The molecule has 1 aliphatic heterocycles. The van der Waals surface area contributed by atoms with E-state index in [-0.39, 0.29) is 4.90 Å². The SMILES string of the molecule is NC(=O)c1ccc(S(=O)(=O)NC[C@H]2CCN(C3CC3)C2)cc1. The molecule has 1 saturated heterocycles. The van der Waals surface area contributed by atoms with Gasteiger partial charge < -0.3 is 10.6 Å². The fraction of sp³-hybridized carbons (Fsp3) is 0.533. The van der Waals surface area contributed by atoms with Gasteiger partial charge in [0.25, 0.3) is 0 Å². The van der Waals surface area contributed by atoms with E-state index in [1.54, 1.807) is 0 Å². The minimum Gasteiger partial charge on any atom is -0.366 e. The lowest BCUT2D eigenvalue weighted by Gasteiger charge is -2.15. The molecule has 3 rings (SSSR count). The van der Waals surface area contributed by atoms with E-state index in [1.165, 1.54) is 37.1 Å². The number of amides is 1. The molecule has 120 valence electrons. The van der Waals surface area contributed by atoms with Crippen molar-refractivity contribution in [3.63, 3.8) is 0 Å². The van der Waals surface area contributed by atoms with Gasteiger partial charge in [0.15, 0.2) is 0 Å². The average molecular weight is 323 g/mol. The van der Waals surface area contributed by atoms with Crippen LogP contribution in [0.25, 0.3) is 0 Å². The normalized spacial score (nSPS) is 22.8. The van der Waals surface area contributed by atoms with Gasteiger partial charge in [0.1, 0.15) is 0 Å². The molecule has 1 aliphatic carbocycles. The Kier molecular flexibility index (Phi) is 4.20. The number of likely N-dealkylation sites (tertiary alicyclic amines) is 1. The summed E-state index contributed by atoms with van der Waals surface area (Å²) in [6.07, 6.45) is 3.61. The molecule has 1 saturated carbocycles. The fourth-order valence-corrected chi connectivity index (χ4v) is 4.03. The monoisotopic (exact) mass is 323 g/mol. The molecule has 3 N–H and O–H groups in total. The molecule has 0 radical (unpaired) electrons. The minimum absolute atomic E-state index is 0.162. The van der Waals surface area contributed by atoms with Crippen LogP contribution < -0.4 is 10.5 Å². The highest BCUT2D eigenvalue weighted by Crippen LogP contribution is 2.31. The van der Waals surface area contributed by atoms with Gasteiger partial charge in [0.2, 0.25) is 15.9 Å². The summed E-state index contributed by atoms with van der Waals surface area (Å²) in [4.78, 5) is 13.6. The van der Waals surface area contributed by atoms with Gasteiger partial charge in [-0.25, -0.2) is 13.1 Å². The van der Waals surface area contributed by atoms with Crippen LogP contribution in [-0.2, 0) is 10.0 Å². The lowest BCUT2D eigenvalue weighted by Crippen LogP contribution is -2.31. The average Bonchev–Trinajstić information content (AvgIpc) is 3.24. The second kappa shape index (κ2) is 5.98. The van der Waals surface area contributed by atoms with Crippen molar-refractivity contribution in [2.75, 3.05) is 19.6 Å². The molecule has 1 atom stereocenters. The van der Waals surface area contributed by atoms with E-state index in [9.17, 15) is 13.2 Å². The Bertz CT molecular complexity index is 653. The number of nitrogens with one attached hydrogen (secondary N) is 1. The van der Waals surface area contributed by atoms with Crippen LogP contribution in [-0.4, -0.2) is 44.9 Å². The maximum atomic E-state index is 12.3. The highest BCUT2D eigenvalue weighted by molar-refractivity contribution is 7.89. The van der Waals surface area contributed by atoms with E-state index in [4.69, 9.17) is 5.73 Å². The van der Waals surface area contributed by atoms with Crippen molar-refractivity contribution < 1.29 is 13.2 Å². The zero-order valence-electron chi connectivity index (χ0n) is 12.4. The molecule has 1 heterocycles. The number of carbonyl (C=O) groups is 1. The molecular formula is C15H21N3O3S. The van der Waals surface area contributed by atoms with Gasteiger partial charge in [-0.15, -0.1) is 0 Å². The van der Waals surface area contributed by atoms with Gasteiger partial charge in [0.05, 0.1) is 4.90 Å². The Morgan fingerprint density at radius 3 is 2.50 bits per heavy atom. The van der Waals surface area contributed by atoms with Crippen LogP contribution in [0.2, 0.25) is 0 Å². The molecule has 1 aromatic rings. The second-order valence-corrected chi connectivity index (χ2v) is 7.89. The molecule has 0 bridgehead atoms. The van der Waals surface area contributed by atoms with Crippen LogP contribution in [0.3, 0.4) is 0 Å². The standard InChI is InChI=1S/C15H21N3O3S/c16-15(19)12-1-5-14(6-2-12)22(20,21)17-9-11-7-8-18(10-11)13-3-4-13/h1-2,5-6,11,13,17H,3-4,7-10H2,(H2,16,19)/t11-/m1/s1. The van der Waals surface area contributed by atoms with Crippen molar-refractivity contribution in [1.29, 1.82) is 0 Å². The molecule has 0 spiro atoms. The Morgan fingerprint density at radius 2 is 1.91 bits per heavy atom. The number of hydrogen-bond donors (Lipinski definition) is 2. The summed E-state index contributed by atoms with van der Waals surface area (Å²) in [5.74, 6) is -0.191. The van der Waals surface area contributed by atoms with Crippen molar-refractivity contribution in [3.05, 3.63) is 29.8 Å². The predicted molar refractivity (Wildman–Crippen MR) is 82.9 cm³/mol. The Labute approximate surface area is 130 Å².